The number of anilines is 2. The van der Waals surface area contributed by atoms with Crippen molar-refractivity contribution in [3.63, 3.8) is 0 Å². The molecule has 0 bridgehead atoms. The summed E-state index contributed by atoms with van der Waals surface area (Å²) in [6.45, 7) is 13.1. The van der Waals surface area contributed by atoms with Gasteiger partial charge in [-0.15, -0.1) is 0 Å². The fourth-order valence-electron chi connectivity index (χ4n) is 3.13. The number of piperazine rings is 1. The Kier molecular flexibility index (Phi) is 6.52. The maximum absolute atomic E-state index is 11.9. The highest BCUT2D eigenvalue weighted by Gasteiger charge is 2.31. The molecule has 8 nitrogen and oxygen atoms in total. The minimum atomic E-state index is -0.323. The molecule has 1 fully saturated rings. The van der Waals surface area contributed by atoms with Crippen LogP contribution in [0, 0.1) is 22.0 Å². The second-order valence-corrected chi connectivity index (χ2v) is 7.61. The molecule has 0 N–H and O–H groups in total. The third-order valence-corrected chi connectivity index (χ3v) is 4.24. The number of rotatable bonds is 7. The first kappa shape index (κ1) is 19.4. The van der Waals surface area contributed by atoms with E-state index in [9.17, 15) is 10.1 Å². The van der Waals surface area contributed by atoms with Gasteiger partial charge in [-0.25, -0.2) is 9.97 Å². The summed E-state index contributed by atoms with van der Waals surface area (Å²) in [5.41, 5.74) is 0.0355. The van der Waals surface area contributed by atoms with E-state index in [4.69, 9.17) is 0 Å². The molecule has 0 radical (unpaired) electrons. The lowest BCUT2D eigenvalue weighted by Crippen LogP contribution is -2.45. The van der Waals surface area contributed by atoms with Crippen molar-refractivity contribution < 1.29 is 4.92 Å². The molecule has 8 heteroatoms. The minimum absolute atomic E-state index is 0.0355. The Morgan fingerprint density at radius 3 is 2.16 bits per heavy atom. The van der Waals surface area contributed by atoms with E-state index in [-0.39, 0.29) is 10.6 Å². The van der Waals surface area contributed by atoms with Crippen molar-refractivity contribution in [2.24, 2.45) is 11.8 Å². The number of likely N-dealkylation sites (N-methyl/N-ethyl adjacent to an activating group) is 1. The monoisotopic (exact) mass is 350 g/mol. The lowest BCUT2D eigenvalue weighted by molar-refractivity contribution is -0.383. The molecule has 1 aliphatic heterocycles. The van der Waals surface area contributed by atoms with Crippen molar-refractivity contribution in [2.45, 2.75) is 27.7 Å². The molecule has 140 valence electrons. The third-order valence-electron chi connectivity index (χ3n) is 4.24. The number of aromatic nitrogens is 2. The number of hydrogen-bond acceptors (Lipinski definition) is 7. The Morgan fingerprint density at radius 1 is 1.12 bits per heavy atom. The molecule has 1 aromatic rings. The van der Waals surface area contributed by atoms with Gasteiger partial charge in [0, 0.05) is 39.3 Å². The van der Waals surface area contributed by atoms with E-state index in [1.54, 1.807) is 0 Å². The second-order valence-electron chi connectivity index (χ2n) is 7.61. The van der Waals surface area contributed by atoms with Crippen LogP contribution in [0.3, 0.4) is 0 Å². The first-order valence-corrected chi connectivity index (χ1v) is 8.97. The SMILES string of the molecule is CC(C)CN(CC(C)C)c1ncnc(N2CCN(C)CC2)c1[N+](=O)[O-]. The molecule has 0 aliphatic carbocycles. The molecule has 2 rings (SSSR count). The average Bonchev–Trinajstić information content (AvgIpc) is 2.53. The molecule has 1 aromatic heterocycles. The molecule has 0 atom stereocenters. The zero-order valence-corrected chi connectivity index (χ0v) is 16.0. The molecule has 1 aliphatic rings. The van der Waals surface area contributed by atoms with Crippen LogP contribution in [-0.2, 0) is 0 Å². The summed E-state index contributed by atoms with van der Waals surface area (Å²) < 4.78 is 0. The van der Waals surface area contributed by atoms with E-state index in [2.05, 4.69) is 49.6 Å². The summed E-state index contributed by atoms with van der Waals surface area (Å²) in [5.74, 6) is 1.66. The van der Waals surface area contributed by atoms with Crippen LogP contribution in [0.25, 0.3) is 0 Å². The van der Waals surface area contributed by atoms with Gasteiger partial charge in [0.2, 0.25) is 11.6 Å². The smallest absolute Gasteiger partial charge is 0.350 e. The molecule has 0 spiro atoms. The van der Waals surface area contributed by atoms with Gasteiger partial charge in [-0.05, 0) is 18.9 Å². The van der Waals surface area contributed by atoms with Crippen molar-refractivity contribution in [1.29, 1.82) is 0 Å². The summed E-state index contributed by atoms with van der Waals surface area (Å²) in [6.07, 6.45) is 1.46. The van der Waals surface area contributed by atoms with Gasteiger partial charge in [0.15, 0.2) is 0 Å². The molecular formula is C17H30N6O2. The summed E-state index contributed by atoms with van der Waals surface area (Å²) in [4.78, 5) is 26.4. The fraction of sp³-hybridized carbons (Fsp3) is 0.765. The van der Waals surface area contributed by atoms with E-state index < -0.39 is 0 Å². The standard InChI is InChI=1S/C17H30N6O2/c1-13(2)10-22(11-14(3)4)17-15(23(24)25)16(18-12-19-17)21-8-6-20(5)7-9-21/h12-14H,6-11H2,1-5H3. The van der Waals surface area contributed by atoms with E-state index in [0.717, 1.165) is 39.3 Å². The van der Waals surface area contributed by atoms with Crippen LogP contribution in [0.5, 0.6) is 0 Å². The Balaban J connectivity index is 2.42. The lowest BCUT2D eigenvalue weighted by Gasteiger charge is -2.33. The highest BCUT2D eigenvalue weighted by molar-refractivity contribution is 5.71. The van der Waals surface area contributed by atoms with Gasteiger partial charge < -0.3 is 14.7 Å². The number of nitro groups is 1. The van der Waals surface area contributed by atoms with E-state index >= 15 is 0 Å². The predicted molar refractivity (Wildman–Crippen MR) is 100 cm³/mol. The summed E-state index contributed by atoms with van der Waals surface area (Å²) in [7, 11) is 2.06. The highest BCUT2D eigenvalue weighted by atomic mass is 16.6. The summed E-state index contributed by atoms with van der Waals surface area (Å²) >= 11 is 0. The third kappa shape index (κ3) is 5.01. The second kappa shape index (κ2) is 8.42. The van der Waals surface area contributed by atoms with Crippen LogP contribution in [0.4, 0.5) is 17.3 Å². The molecule has 0 aromatic carbocycles. The Bertz CT molecular complexity index is 575. The maximum Gasteiger partial charge on any atom is 0.353 e. The number of nitrogens with zero attached hydrogens (tertiary/aromatic N) is 6. The van der Waals surface area contributed by atoms with Crippen LogP contribution in [0.2, 0.25) is 0 Å². The summed E-state index contributed by atoms with van der Waals surface area (Å²) in [6, 6.07) is 0. The zero-order valence-electron chi connectivity index (χ0n) is 16.0. The fourth-order valence-corrected chi connectivity index (χ4v) is 3.13. The van der Waals surface area contributed by atoms with Gasteiger partial charge >= 0.3 is 5.69 Å². The molecule has 1 saturated heterocycles. The Labute approximate surface area is 150 Å². The number of hydrogen-bond donors (Lipinski definition) is 0. The first-order valence-electron chi connectivity index (χ1n) is 8.97. The Morgan fingerprint density at radius 2 is 1.68 bits per heavy atom. The van der Waals surface area contributed by atoms with Crippen LogP contribution < -0.4 is 9.80 Å². The zero-order chi connectivity index (χ0) is 18.6. The van der Waals surface area contributed by atoms with Gasteiger partial charge in [0.1, 0.15) is 6.33 Å². The molecule has 2 heterocycles. The van der Waals surface area contributed by atoms with Crippen molar-refractivity contribution in [2.75, 3.05) is 56.1 Å². The van der Waals surface area contributed by atoms with E-state index in [0.29, 0.717) is 23.5 Å². The average molecular weight is 350 g/mol. The molecule has 0 saturated carbocycles. The van der Waals surface area contributed by atoms with Crippen LogP contribution in [-0.4, -0.2) is 66.1 Å². The van der Waals surface area contributed by atoms with E-state index in [1.165, 1.54) is 6.33 Å². The topological polar surface area (TPSA) is 78.6 Å². The highest BCUT2D eigenvalue weighted by Crippen LogP contribution is 2.35. The van der Waals surface area contributed by atoms with Crippen LogP contribution in [0.1, 0.15) is 27.7 Å². The van der Waals surface area contributed by atoms with Crippen molar-refractivity contribution in [3.05, 3.63) is 16.4 Å². The van der Waals surface area contributed by atoms with Gasteiger partial charge in [0.05, 0.1) is 4.92 Å². The van der Waals surface area contributed by atoms with Gasteiger partial charge in [-0.1, -0.05) is 27.7 Å². The molecule has 0 amide bonds. The molecule has 0 unspecified atom stereocenters. The van der Waals surface area contributed by atoms with Crippen LogP contribution in [0.15, 0.2) is 6.33 Å². The van der Waals surface area contributed by atoms with Gasteiger partial charge in [0.25, 0.3) is 0 Å². The Hall–Kier alpha value is -1.96. The van der Waals surface area contributed by atoms with Gasteiger partial charge in [-0.2, -0.15) is 0 Å². The van der Waals surface area contributed by atoms with Crippen molar-refractivity contribution in [1.82, 2.24) is 14.9 Å². The van der Waals surface area contributed by atoms with Crippen molar-refractivity contribution in [3.8, 4) is 0 Å². The summed E-state index contributed by atoms with van der Waals surface area (Å²) in [5, 5.41) is 11.9. The molecule has 25 heavy (non-hydrogen) atoms. The predicted octanol–water partition coefficient (Wildman–Crippen LogP) is 2.25. The van der Waals surface area contributed by atoms with E-state index in [1.807, 2.05) is 9.80 Å². The quantitative estimate of drug-likeness (QED) is 0.551. The minimum Gasteiger partial charge on any atom is -0.350 e. The molecular weight excluding hydrogens is 320 g/mol. The lowest BCUT2D eigenvalue weighted by atomic mass is 10.1. The maximum atomic E-state index is 11.9. The largest absolute Gasteiger partial charge is 0.353 e. The van der Waals surface area contributed by atoms with Crippen molar-refractivity contribution >= 4 is 17.3 Å². The normalized spacial score (nSPS) is 15.9. The van der Waals surface area contributed by atoms with Gasteiger partial charge in [-0.3, -0.25) is 10.1 Å². The first-order chi connectivity index (χ1) is 11.8. The van der Waals surface area contributed by atoms with Crippen LogP contribution >= 0.6 is 0 Å².